The minimum absolute atomic E-state index is 0.181. The van der Waals surface area contributed by atoms with Crippen molar-refractivity contribution in [2.24, 2.45) is 5.92 Å². The molecule has 6 nitrogen and oxygen atoms in total. The van der Waals surface area contributed by atoms with Crippen LogP contribution in [-0.2, 0) is 11.3 Å². The van der Waals surface area contributed by atoms with Gasteiger partial charge in [-0.25, -0.2) is 4.98 Å². The number of carbonyl (C=O) groups excluding carboxylic acids is 2. The normalized spacial score (nSPS) is 15.1. The Labute approximate surface area is 173 Å². The predicted octanol–water partition coefficient (Wildman–Crippen LogP) is 4.41. The maximum atomic E-state index is 12.7. The highest BCUT2D eigenvalue weighted by Gasteiger charge is 2.16. The number of carbonyl (C=O) groups is 2. The molecule has 3 heterocycles. The average molecular weight is 407 g/mol. The summed E-state index contributed by atoms with van der Waals surface area (Å²) in [6.07, 6.45) is 12.7. The fourth-order valence-electron chi connectivity index (χ4n) is 3.41. The summed E-state index contributed by atoms with van der Waals surface area (Å²) in [5.74, 6) is 0.616. The molecule has 29 heavy (non-hydrogen) atoms. The molecule has 7 heteroatoms. The lowest BCUT2D eigenvalue weighted by atomic mass is 9.88. The van der Waals surface area contributed by atoms with Gasteiger partial charge in [0.2, 0.25) is 0 Å². The van der Waals surface area contributed by atoms with E-state index < -0.39 is 0 Å². The second kappa shape index (κ2) is 8.96. The number of thiazole rings is 1. The van der Waals surface area contributed by atoms with Crippen LogP contribution in [0.5, 0.6) is 0 Å². The van der Waals surface area contributed by atoms with Gasteiger partial charge in [0, 0.05) is 43.4 Å². The molecule has 1 fully saturated rings. The second-order valence-electron chi connectivity index (χ2n) is 7.14. The molecule has 1 amide bonds. The van der Waals surface area contributed by atoms with Gasteiger partial charge in [0.05, 0.1) is 5.69 Å². The van der Waals surface area contributed by atoms with Crippen LogP contribution in [0.4, 0.5) is 5.13 Å². The zero-order chi connectivity index (χ0) is 20.1. The van der Waals surface area contributed by atoms with Crippen LogP contribution >= 0.6 is 11.3 Å². The van der Waals surface area contributed by atoms with Crippen molar-refractivity contribution in [1.82, 2.24) is 14.5 Å². The molecular weight excluding hydrogens is 384 g/mol. The van der Waals surface area contributed by atoms with Crippen LogP contribution in [0.3, 0.4) is 0 Å². The van der Waals surface area contributed by atoms with Crippen molar-refractivity contribution >= 4 is 34.2 Å². The quantitative estimate of drug-likeness (QED) is 0.658. The van der Waals surface area contributed by atoms with E-state index in [4.69, 9.17) is 0 Å². The van der Waals surface area contributed by atoms with Gasteiger partial charge in [-0.2, -0.15) is 0 Å². The SMILES string of the molecule is O=C1CCC(/C=C/c2csc(NC(=O)c3cccn3Cc3ccncc3)n2)CC1. The Bertz CT molecular complexity index is 1010. The predicted molar refractivity (Wildman–Crippen MR) is 114 cm³/mol. The molecule has 1 N–H and O–H groups in total. The molecule has 1 saturated carbocycles. The third kappa shape index (κ3) is 5.06. The van der Waals surface area contributed by atoms with E-state index in [0.29, 0.717) is 41.9 Å². The molecule has 4 rings (SSSR count). The molecule has 0 aromatic carbocycles. The number of ketones is 1. The lowest BCUT2D eigenvalue weighted by Gasteiger charge is -2.16. The van der Waals surface area contributed by atoms with E-state index in [2.05, 4.69) is 21.4 Å². The number of nitrogens with zero attached hydrogens (tertiary/aromatic N) is 3. The van der Waals surface area contributed by atoms with Gasteiger partial charge in [-0.15, -0.1) is 11.3 Å². The molecule has 148 valence electrons. The largest absolute Gasteiger partial charge is 0.339 e. The van der Waals surface area contributed by atoms with E-state index in [1.54, 1.807) is 18.5 Å². The van der Waals surface area contributed by atoms with Crippen LogP contribution in [0, 0.1) is 5.92 Å². The van der Waals surface area contributed by atoms with E-state index in [1.165, 1.54) is 11.3 Å². The average Bonchev–Trinajstić information content (AvgIpc) is 3.38. The first-order chi connectivity index (χ1) is 14.2. The van der Waals surface area contributed by atoms with Crippen molar-refractivity contribution in [3.8, 4) is 0 Å². The topological polar surface area (TPSA) is 76.9 Å². The first kappa shape index (κ1) is 19.3. The van der Waals surface area contributed by atoms with E-state index >= 15 is 0 Å². The Morgan fingerprint density at radius 3 is 2.83 bits per heavy atom. The molecule has 0 unspecified atom stereocenters. The van der Waals surface area contributed by atoms with E-state index in [0.717, 1.165) is 24.1 Å². The Kier molecular flexibility index (Phi) is 5.95. The fourth-order valence-corrected chi connectivity index (χ4v) is 4.09. The van der Waals surface area contributed by atoms with Crippen molar-refractivity contribution in [2.75, 3.05) is 5.32 Å². The molecule has 3 aromatic heterocycles. The summed E-state index contributed by atoms with van der Waals surface area (Å²) in [6.45, 7) is 0.605. The summed E-state index contributed by atoms with van der Waals surface area (Å²) in [6, 6.07) is 7.53. The van der Waals surface area contributed by atoms with Crippen molar-refractivity contribution in [3.05, 3.63) is 71.3 Å². The zero-order valence-corrected chi connectivity index (χ0v) is 16.8. The van der Waals surface area contributed by atoms with Crippen LogP contribution in [-0.4, -0.2) is 26.2 Å². The van der Waals surface area contributed by atoms with Crippen molar-refractivity contribution in [2.45, 2.75) is 32.2 Å². The van der Waals surface area contributed by atoms with E-state index in [-0.39, 0.29) is 5.91 Å². The Balaban J connectivity index is 1.37. The lowest BCUT2D eigenvalue weighted by Crippen LogP contribution is -2.17. The maximum Gasteiger partial charge on any atom is 0.274 e. The second-order valence-corrected chi connectivity index (χ2v) is 8.00. The van der Waals surface area contributed by atoms with Gasteiger partial charge in [-0.05, 0) is 54.7 Å². The number of amides is 1. The molecule has 0 bridgehead atoms. The summed E-state index contributed by atoms with van der Waals surface area (Å²) in [5, 5.41) is 5.39. The molecule has 1 aliphatic carbocycles. The lowest BCUT2D eigenvalue weighted by molar-refractivity contribution is -0.120. The van der Waals surface area contributed by atoms with Gasteiger partial charge in [0.1, 0.15) is 11.5 Å². The van der Waals surface area contributed by atoms with Crippen molar-refractivity contribution in [3.63, 3.8) is 0 Å². The van der Waals surface area contributed by atoms with E-state index in [9.17, 15) is 9.59 Å². The van der Waals surface area contributed by atoms with Crippen LogP contribution in [0.25, 0.3) is 6.08 Å². The molecule has 0 aliphatic heterocycles. The molecule has 1 aliphatic rings. The fraction of sp³-hybridized carbons (Fsp3) is 0.273. The number of allylic oxidation sites excluding steroid dienone is 1. The van der Waals surface area contributed by atoms with E-state index in [1.807, 2.05) is 40.4 Å². The van der Waals surface area contributed by atoms with Gasteiger partial charge >= 0.3 is 0 Å². The Morgan fingerprint density at radius 2 is 2.03 bits per heavy atom. The summed E-state index contributed by atoms with van der Waals surface area (Å²) in [7, 11) is 0. The summed E-state index contributed by atoms with van der Waals surface area (Å²) < 4.78 is 1.91. The van der Waals surface area contributed by atoms with Gasteiger partial charge < -0.3 is 4.57 Å². The zero-order valence-electron chi connectivity index (χ0n) is 16.0. The summed E-state index contributed by atoms with van der Waals surface area (Å²) in [4.78, 5) is 32.5. The Hall–Kier alpha value is -3.06. The first-order valence-electron chi connectivity index (χ1n) is 9.68. The Morgan fingerprint density at radius 1 is 1.24 bits per heavy atom. The van der Waals surface area contributed by atoms with Crippen molar-refractivity contribution in [1.29, 1.82) is 0 Å². The van der Waals surface area contributed by atoms with Gasteiger partial charge in [-0.1, -0.05) is 6.08 Å². The summed E-state index contributed by atoms with van der Waals surface area (Å²) >= 11 is 1.41. The monoisotopic (exact) mass is 406 g/mol. The number of aromatic nitrogens is 3. The highest BCUT2D eigenvalue weighted by Crippen LogP contribution is 2.24. The number of rotatable bonds is 6. The van der Waals surface area contributed by atoms with Crippen LogP contribution < -0.4 is 5.32 Å². The van der Waals surface area contributed by atoms with Crippen LogP contribution in [0.15, 0.2) is 54.3 Å². The number of Topliss-reactive ketones (excluding diaryl/α,β-unsaturated/α-hetero) is 1. The highest BCUT2D eigenvalue weighted by atomic mass is 32.1. The molecule has 0 spiro atoms. The molecule has 3 aromatic rings. The third-order valence-electron chi connectivity index (χ3n) is 5.03. The van der Waals surface area contributed by atoms with Crippen LogP contribution in [0.2, 0.25) is 0 Å². The molecular formula is C22H22N4O2S. The number of pyridine rings is 1. The number of anilines is 1. The number of hydrogen-bond donors (Lipinski definition) is 1. The molecule has 0 atom stereocenters. The standard InChI is InChI=1S/C22H22N4O2S/c27-19-7-4-16(5-8-19)3-6-18-15-29-22(24-18)25-21(28)20-2-1-13-26(20)14-17-9-11-23-12-10-17/h1-3,6,9-13,15-16H,4-5,7-8,14H2,(H,24,25,28)/b6-3+. The minimum atomic E-state index is -0.181. The minimum Gasteiger partial charge on any atom is -0.339 e. The van der Waals surface area contributed by atoms with Crippen molar-refractivity contribution < 1.29 is 9.59 Å². The van der Waals surface area contributed by atoms with Crippen LogP contribution in [0.1, 0.15) is 47.4 Å². The highest BCUT2D eigenvalue weighted by molar-refractivity contribution is 7.14. The number of nitrogens with one attached hydrogen (secondary N) is 1. The molecule has 0 saturated heterocycles. The third-order valence-corrected chi connectivity index (χ3v) is 5.81. The van der Waals surface area contributed by atoms with Gasteiger partial charge in [0.15, 0.2) is 5.13 Å². The molecule has 0 radical (unpaired) electrons. The smallest absolute Gasteiger partial charge is 0.274 e. The number of hydrogen-bond acceptors (Lipinski definition) is 5. The maximum absolute atomic E-state index is 12.7. The first-order valence-corrected chi connectivity index (χ1v) is 10.6. The van der Waals surface area contributed by atoms with Gasteiger partial charge in [-0.3, -0.25) is 19.9 Å². The summed E-state index contributed by atoms with van der Waals surface area (Å²) in [5.41, 5.74) is 2.49. The van der Waals surface area contributed by atoms with Gasteiger partial charge in [0.25, 0.3) is 5.91 Å².